The summed E-state index contributed by atoms with van der Waals surface area (Å²) in [6.45, 7) is 0. The Labute approximate surface area is 112 Å². The highest BCUT2D eigenvalue weighted by Crippen LogP contribution is 2.15. The van der Waals surface area contributed by atoms with Gasteiger partial charge in [-0.2, -0.15) is 0 Å². The third-order valence-electron chi connectivity index (χ3n) is 2.46. The summed E-state index contributed by atoms with van der Waals surface area (Å²) in [5.41, 5.74) is -0.675. The van der Waals surface area contributed by atoms with Crippen LogP contribution in [0.3, 0.4) is 0 Å². The molecule has 6 nitrogen and oxygen atoms in total. The molecule has 0 saturated carbocycles. The smallest absolute Gasteiger partial charge is 0.384 e. The Morgan fingerprint density at radius 2 is 2.05 bits per heavy atom. The van der Waals surface area contributed by atoms with Gasteiger partial charge in [0.2, 0.25) is 0 Å². The van der Waals surface area contributed by atoms with Gasteiger partial charge >= 0.3 is 17.6 Å². The molecule has 6 heteroatoms. The molecule has 2 aromatic rings. The van der Waals surface area contributed by atoms with Crippen molar-refractivity contribution in [3.8, 4) is 11.8 Å². The molecule has 100 valence electrons. The first kappa shape index (κ1) is 13.4. The van der Waals surface area contributed by atoms with E-state index in [0.717, 1.165) is 0 Å². The summed E-state index contributed by atoms with van der Waals surface area (Å²) in [5, 5.41) is 9.25. The fraction of sp³-hybridized carbons (Fsp3) is 0.0714. The number of fused-ring (bicyclic) bond motifs is 1. The largest absolute Gasteiger partial charge is 0.477 e. The van der Waals surface area contributed by atoms with Gasteiger partial charge < -0.3 is 14.3 Å². The number of methoxy groups -OCH3 is 1. The van der Waals surface area contributed by atoms with Crippen molar-refractivity contribution in [3.63, 3.8) is 0 Å². The number of hydrogen-bond donors (Lipinski definition) is 1. The van der Waals surface area contributed by atoms with Crippen molar-refractivity contribution in [3.05, 3.63) is 45.8 Å². The lowest BCUT2D eigenvalue weighted by Gasteiger charge is -1.99. The van der Waals surface area contributed by atoms with Crippen LogP contribution in [0.25, 0.3) is 11.0 Å². The molecule has 0 radical (unpaired) electrons. The number of carboxylic acid groups (broad SMARTS) is 1. The van der Waals surface area contributed by atoms with Crippen molar-refractivity contribution < 1.29 is 23.8 Å². The van der Waals surface area contributed by atoms with Gasteiger partial charge in [0.1, 0.15) is 11.1 Å². The molecule has 0 saturated heterocycles. The maximum Gasteiger partial charge on any atom is 0.384 e. The second-order valence-electron chi connectivity index (χ2n) is 3.75. The van der Waals surface area contributed by atoms with Crippen LogP contribution in [0.1, 0.15) is 15.9 Å². The minimum Gasteiger partial charge on any atom is -0.477 e. The van der Waals surface area contributed by atoms with Gasteiger partial charge in [0.15, 0.2) is 0 Å². The number of carbonyl (C=O) groups excluding carboxylic acids is 1. The Balaban J connectivity index is 2.55. The van der Waals surface area contributed by atoms with Crippen LogP contribution in [-0.4, -0.2) is 24.2 Å². The molecular formula is C14H8O6. The number of carboxylic acids is 1. The monoisotopic (exact) mass is 272 g/mol. The maximum atomic E-state index is 11.4. The number of rotatable bonds is 1. The van der Waals surface area contributed by atoms with Crippen LogP contribution in [0.2, 0.25) is 0 Å². The van der Waals surface area contributed by atoms with Gasteiger partial charge in [-0.25, -0.2) is 14.4 Å². The van der Waals surface area contributed by atoms with Crippen molar-refractivity contribution >= 4 is 22.9 Å². The second kappa shape index (κ2) is 5.28. The highest BCUT2D eigenvalue weighted by molar-refractivity contribution is 5.92. The third-order valence-corrected chi connectivity index (χ3v) is 2.46. The quantitative estimate of drug-likeness (QED) is 0.473. The molecule has 1 heterocycles. The van der Waals surface area contributed by atoms with E-state index in [0.29, 0.717) is 10.9 Å². The van der Waals surface area contributed by atoms with Crippen LogP contribution < -0.4 is 5.63 Å². The molecule has 0 bridgehead atoms. The highest BCUT2D eigenvalue weighted by atomic mass is 16.5. The van der Waals surface area contributed by atoms with Crippen LogP contribution in [0.15, 0.2) is 33.5 Å². The molecule has 1 N–H and O–H groups in total. The summed E-state index contributed by atoms with van der Waals surface area (Å²) >= 11 is 0. The minimum atomic E-state index is -1.37. The lowest BCUT2D eigenvalue weighted by molar-refractivity contribution is -0.133. The number of ether oxygens (including phenoxy) is 1. The first-order valence-electron chi connectivity index (χ1n) is 5.42. The van der Waals surface area contributed by atoms with Gasteiger partial charge in [0, 0.05) is 16.9 Å². The Kier molecular flexibility index (Phi) is 3.53. The molecule has 0 unspecified atom stereocenters. The molecule has 0 atom stereocenters. The molecule has 0 spiro atoms. The maximum absolute atomic E-state index is 11.4. The average molecular weight is 272 g/mol. The average Bonchev–Trinajstić information content (AvgIpc) is 2.43. The summed E-state index contributed by atoms with van der Waals surface area (Å²) < 4.78 is 9.26. The Hall–Kier alpha value is -3.07. The molecular weight excluding hydrogens is 264 g/mol. The minimum absolute atomic E-state index is 0.239. The Morgan fingerprint density at radius 1 is 1.30 bits per heavy atom. The zero-order chi connectivity index (χ0) is 14.7. The van der Waals surface area contributed by atoms with Gasteiger partial charge in [0.25, 0.3) is 0 Å². The van der Waals surface area contributed by atoms with Crippen LogP contribution in [0, 0.1) is 11.8 Å². The third kappa shape index (κ3) is 2.67. The molecule has 0 amide bonds. The van der Waals surface area contributed by atoms with Crippen molar-refractivity contribution in [2.45, 2.75) is 0 Å². The number of hydrogen-bond acceptors (Lipinski definition) is 5. The van der Waals surface area contributed by atoms with Crippen LogP contribution in [0.4, 0.5) is 0 Å². The van der Waals surface area contributed by atoms with E-state index in [1.807, 2.05) is 0 Å². The van der Waals surface area contributed by atoms with Gasteiger partial charge in [0.05, 0.1) is 7.11 Å². The van der Waals surface area contributed by atoms with Crippen molar-refractivity contribution in [2.24, 2.45) is 0 Å². The van der Waals surface area contributed by atoms with Crippen LogP contribution in [0.5, 0.6) is 0 Å². The predicted molar refractivity (Wildman–Crippen MR) is 68.3 cm³/mol. The normalized spacial score (nSPS) is 9.65. The Morgan fingerprint density at radius 3 is 2.70 bits per heavy atom. The van der Waals surface area contributed by atoms with E-state index < -0.39 is 23.1 Å². The molecule has 0 aliphatic heterocycles. The van der Waals surface area contributed by atoms with Gasteiger partial charge in [-0.05, 0) is 24.3 Å². The topological polar surface area (TPSA) is 93.8 Å². The lowest BCUT2D eigenvalue weighted by atomic mass is 10.1. The van der Waals surface area contributed by atoms with Gasteiger partial charge in [-0.15, -0.1) is 0 Å². The van der Waals surface area contributed by atoms with Gasteiger partial charge in [-0.1, -0.05) is 5.92 Å². The van der Waals surface area contributed by atoms with E-state index in [2.05, 4.69) is 16.6 Å². The molecule has 0 fully saturated rings. The van der Waals surface area contributed by atoms with Crippen LogP contribution >= 0.6 is 0 Å². The summed E-state index contributed by atoms with van der Waals surface area (Å²) in [4.78, 5) is 33.1. The summed E-state index contributed by atoms with van der Waals surface area (Å²) in [5.74, 6) is 2.75. The number of benzene rings is 1. The molecule has 0 aliphatic carbocycles. The van der Waals surface area contributed by atoms with E-state index >= 15 is 0 Å². The molecule has 1 aromatic carbocycles. The summed E-state index contributed by atoms with van der Waals surface area (Å²) in [6, 6.07) is 5.73. The van der Waals surface area contributed by atoms with E-state index in [4.69, 9.17) is 9.52 Å². The fourth-order valence-electron chi connectivity index (χ4n) is 1.52. The number of aromatic carboxylic acids is 1. The SMILES string of the molecule is COC(=O)C#Cc1ccc2oc(=O)c(C(=O)O)cc2c1. The molecule has 20 heavy (non-hydrogen) atoms. The summed E-state index contributed by atoms with van der Waals surface area (Å²) in [7, 11) is 1.21. The fourth-order valence-corrected chi connectivity index (χ4v) is 1.52. The number of esters is 1. The first-order chi connectivity index (χ1) is 9.51. The van der Waals surface area contributed by atoms with E-state index in [1.54, 1.807) is 6.07 Å². The van der Waals surface area contributed by atoms with Crippen molar-refractivity contribution in [1.82, 2.24) is 0 Å². The first-order valence-corrected chi connectivity index (χ1v) is 5.42. The van der Waals surface area contributed by atoms with E-state index in [1.165, 1.54) is 25.3 Å². The predicted octanol–water partition coefficient (Wildman–Crippen LogP) is 1.02. The van der Waals surface area contributed by atoms with Gasteiger partial charge in [-0.3, -0.25) is 0 Å². The highest BCUT2D eigenvalue weighted by Gasteiger charge is 2.11. The zero-order valence-electron chi connectivity index (χ0n) is 10.3. The summed E-state index contributed by atoms with van der Waals surface area (Å²) in [6.07, 6.45) is 0. The standard InChI is InChI=1S/C14H8O6/c1-19-12(15)5-3-8-2-4-11-9(6-8)7-10(13(16)17)14(18)20-11/h2,4,6-7H,1H3,(H,16,17). The van der Waals surface area contributed by atoms with Crippen LogP contribution in [-0.2, 0) is 9.53 Å². The van der Waals surface area contributed by atoms with Crippen molar-refractivity contribution in [2.75, 3.05) is 7.11 Å². The van der Waals surface area contributed by atoms with E-state index in [-0.39, 0.29) is 5.58 Å². The molecule has 1 aromatic heterocycles. The lowest BCUT2D eigenvalue weighted by Crippen LogP contribution is -2.12. The molecule has 0 aliphatic rings. The Bertz CT molecular complexity index is 819. The molecule has 2 rings (SSSR count). The second-order valence-corrected chi connectivity index (χ2v) is 3.75. The van der Waals surface area contributed by atoms with Crippen molar-refractivity contribution in [1.29, 1.82) is 0 Å². The van der Waals surface area contributed by atoms with E-state index in [9.17, 15) is 14.4 Å². The zero-order valence-corrected chi connectivity index (χ0v) is 10.3. The number of carbonyl (C=O) groups is 2.